The van der Waals surface area contributed by atoms with Gasteiger partial charge in [0, 0.05) is 18.8 Å². The molecule has 2 rings (SSSR count). The molecule has 132 valence electrons. The number of hydrogen-bond donors (Lipinski definition) is 1. The van der Waals surface area contributed by atoms with E-state index in [9.17, 15) is 28.1 Å². The van der Waals surface area contributed by atoms with Gasteiger partial charge in [0.25, 0.3) is 5.69 Å². The maximum absolute atomic E-state index is 12.4. The fourth-order valence-electron chi connectivity index (χ4n) is 2.76. The molecule has 0 saturated carbocycles. The van der Waals surface area contributed by atoms with E-state index in [1.54, 1.807) is 12.2 Å². The lowest BCUT2D eigenvalue weighted by atomic mass is 10.0. The summed E-state index contributed by atoms with van der Waals surface area (Å²) < 4.78 is 42.5. The summed E-state index contributed by atoms with van der Waals surface area (Å²) in [6.45, 7) is 5.04. The molecule has 1 aromatic rings. The highest BCUT2D eigenvalue weighted by Crippen LogP contribution is 2.39. The summed E-state index contributed by atoms with van der Waals surface area (Å²) in [5, 5.41) is 12.9. The van der Waals surface area contributed by atoms with Crippen molar-refractivity contribution in [2.75, 3.05) is 36.5 Å². The number of morpholine rings is 1. The van der Waals surface area contributed by atoms with Crippen molar-refractivity contribution in [2.24, 2.45) is 0 Å². The second kappa shape index (κ2) is 6.63. The van der Waals surface area contributed by atoms with E-state index in [-0.39, 0.29) is 5.56 Å². The molecule has 0 aliphatic carbocycles. The Bertz CT molecular complexity index is 670. The zero-order valence-corrected chi connectivity index (χ0v) is 13.1. The van der Waals surface area contributed by atoms with Crippen molar-refractivity contribution in [2.45, 2.75) is 20.0 Å². The molecule has 0 spiro atoms. The second-order valence-electron chi connectivity index (χ2n) is 5.37. The number of ether oxygens (including phenoxy) is 1. The summed E-state index contributed by atoms with van der Waals surface area (Å²) in [6, 6.07) is 1.19. The number of nitrogens with zero attached hydrogens (tertiary/aromatic N) is 2. The van der Waals surface area contributed by atoms with Crippen LogP contribution in [0.5, 0.6) is 0 Å². The summed E-state index contributed by atoms with van der Waals surface area (Å²) in [4.78, 5) is 23.6. The second-order valence-corrected chi connectivity index (χ2v) is 5.37. The van der Waals surface area contributed by atoms with Gasteiger partial charge in [-0.25, -0.2) is 0 Å². The Labute approximate surface area is 135 Å². The molecule has 0 aromatic heterocycles. The van der Waals surface area contributed by atoms with Gasteiger partial charge >= 0.3 is 12.1 Å². The van der Waals surface area contributed by atoms with E-state index in [0.29, 0.717) is 37.6 Å². The molecule has 1 fully saturated rings. The minimum atomic E-state index is -5.13. The summed E-state index contributed by atoms with van der Waals surface area (Å²) in [5.41, 5.74) is 0.320. The molecule has 0 unspecified atom stereocenters. The average Bonchev–Trinajstić information content (AvgIpc) is 2.46. The first-order valence-corrected chi connectivity index (χ1v) is 7.12. The van der Waals surface area contributed by atoms with Gasteiger partial charge < -0.3 is 15.0 Å². The molecular formula is C14H16F3N3O4. The number of nitrogens with one attached hydrogen (secondary N) is 1. The van der Waals surface area contributed by atoms with Crippen molar-refractivity contribution < 1.29 is 27.6 Å². The number of carbonyl (C=O) groups excluding carboxylic acids is 1. The Kier molecular flexibility index (Phi) is 4.97. The fourth-order valence-corrected chi connectivity index (χ4v) is 2.76. The first-order chi connectivity index (χ1) is 11.1. The highest BCUT2D eigenvalue weighted by molar-refractivity contribution is 5.98. The minimum absolute atomic E-state index is 0.208. The first kappa shape index (κ1) is 18.0. The van der Waals surface area contributed by atoms with Gasteiger partial charge in [0.15, 0.2) is 0 Å². The minimum Gasteiger partial charge on any atom is -0.378 e. The summed E-state index contributed by atoms with van der Waals surface area (Å²) >= 11 is 0. The number of benzene rings is 1. The van der Waals surface area contributed by atoms with Crippen molar-refractivity contribution in [3.8, 4) is 0 Å². The molecule has 24 heavy (non-hydrogen) atoms. The Morgan fingerprint density at radius 3 is 2.42 bits per heavy atom. The third kappa shape index (κ3) is 3.58. The number of alkyl halides is 3. The van der Waals surface area contributed by atoms with E-state index in [2.05, 4.69) is 0 Å². The van der Waals surface area contributed by atoms with Gasteiger partial charge in [-0.2, -0.15) is 13.2 Å². The highest BCUT2D eigenvalue weighted by atomic mass is 19.4. The summed E-state index contributed by atoms with van der Waals surface area (Å²) in [5.74, 6) is -2.25. The van der Waals surface area contributed by atoms with Crippen LogP contribution in [0.15, 0.2) is 6.07 Å². The van der Waals surface area contributed by atoms with Crippen molar-refractivity contribution in [1.82, 2.24) is 0 Å². The molecule has 1 aliphatic heterocycles. The van der Waals surface area contributed by atoms with Crippen molar-refractivity contribution in [3.05, 3.63) is 27.3 Å². The molecule has 10 heteroatoms. The average molecular weight is 347 g/mol. The van der Waals surface area contributed by atoms with Crippen LogP contribution in [0.1, 0.15) is 11.1 Å². The zero-order valence-electron chi connectivity index (χ0n) is 13.1. The quantitative estimate of drug-likeness (QED) is 0.671. The number of halogens is 3. The van der Waals surface area contributed by atoms with Crippen LogP contribution >= 0.6 is 0 Å². The lowest BCUT2D eigenvalue weighted by molar-refractivity contribution is -0.384. The smallest absolute Gasteiger partial charge is 0.378 e. The monoisotopic (exact) mass is 347 g/mol. The molecule has 1 heterocycles. The number of carbonyl (C=O) groups is 1. The summed E-state index contributed by atoms with van der Waals surface area (Å²) in [7, 11) is 0. The number of anilines is 2. The predicted octanol–water partition coefficient (Wildman–Crippen LogP) is 2.55. The van der Waals surface area contributed by atoms with Crippen LogP contribution in [-0.2, 0) is 9.53 Å². The van der Waals surface area contributed by atoms with Crippen molar-refractivity contribution in [1.29, 1.82) is 0 Å². The normalized spacial score (nSPS) is 15.3. The van der Waals surface area contributed by atoms with Crippen LogP contribution in [0.4, 0.5) is 30.2 Å². The molecule has 0 atom stereocenters. The first-order valence-electron chi connectivity index (χ1n) is 7.12. The number of aryl methyl sites for hydroxylation is 1. The van der Waals surface area contributed by atoms with Gasteiger partial charge in [0.1, 0.15) is 5.69 Å². The third-order valence-electron chi connectivity index (χ3n) is 3.72. The summed E-state index contributed by atoms with van der Waals surface area (Å²) in [6.07, 6.45) is -5.13. The van der Waals surface area contributed by atoms with Crippen LogP contribution in [0.2, 0.25) is 0 Å². The van der Waals surface area contributed by atoms with E-state index in [1.165, 1.54) is 13.0 Å². The van der Waals surface area contributed by atoms with Crippen LogP contribution in [-0.4, -0.2) is 43.3 Å². The van der Waals surface area contributed by atoms with Crippen molar-refractivity contribution in [3.63, 3.8) is 0 Å². The number of rotatable bonds is 3. The Morgan fingerprint density at radius 2 is 1.92 bits per heavy atom. The molecule has 1 aromatic carbocycles. The maximum Gasteiger partial charge on any atom is 0.471 e. The van der Waals surface area contributed by atoms with E-state index in [1.807, 2.05) is 4.90 Å². The van der Waals surface area contributed by atoms with Gasteiger partial charge in [-0.3, -0.25) is 14.9 Å². The van der Waals surface area contributed by atoms with Gasteiger partial charge in [-0.1, -0.05) is 0 Å². The maximum atomic E-state index is 12.4. The van der Waals surface area contributed by atoms with Gasteiger partial charge in [-0.05, 0) is 25.5 Å². The van der Waals surface area contributed by atoms with Crippen LogP contribution in [0, 0.1) is 24.0 Å². The highest BCUT2D eigenvalue weighted by Gasteiger charge is 2.40. The molecule has 7 nitrogen and oxygen atoms in total. The Hall–Kier alpha value is -2.36. The molecule has 1 amide bonds. The molecule has 1 N–H and O–H groups in total. The van der Waals surface area contributed by atoms with Gasteiger partial charge in [0.2, 0.25) is 0 Å². The lowest BCUT2D eigenvalue weighted by Crippen LogP contribution is -2.37. The van der Waals surface area contributed by atoms with E-state index in [4.69, 9.17) is 4.74 Å². The van der Waals surface area contributed by atoms with Crippen LogP contribution < -0.4 is 10.2 Å². The van der Waals surface area contributed by atoms with E-state index < -0.39 is 28.4 Å². The fraction of sp³-hybridized carbons (Fsp3) is 0.500. The predicted molar refractivity (Wildman–Crippen MR) is 80.3 cm³/mol. The van der Waals surface area contributed by atoms with Gasteiger partial charge in [0.05, 0.1) is 23.7 Å². The third-order valence-corrected chi connectivity index (χ3v) is 3.72. The van der Waals surface area contributed by atoms with E-state index in [0.717, 1.165) is 0 Å². The number of amides is 1. The standard InChI is InChI=1S/C14H16F3N3O4/c1-8-7-10(18-13(21)14(15,16)17)12(20(22)23)9(2)11(8)19-3-5-24-6-4-19/h7H,3-6H2,1-2H3,(H,18,21). The van der Waals surface area contributed by atoms with Crippen molar-refractivity contribution >= 4 is 23.0 Å². The number of hydrogen-bond acceptors (Lipinski definition) is 5. The van der Waals surface area contributed by atoms with Crippen LogP contribution in [0.25, 0.3) is 0 Å². The Balaban J connectivity index is 2.50. The van der Waals surface area contributed by atoms with E-state index >= 15 is 0 Å². The SMILES string of the molecule is Cc1cc(NC(=O)C(F)(F)F)c([N+](=O)[O-])c(C)c1N1CCOCC1. The molecular weight excluding hydrogens is 331 g/mol. The molecule has 1 saturated heterocycles. The lowest BCUT2D eigenvalue weighted by Gasteiger charge is -2.31. The Morgan fingerprint density at radius 1 is 1.33 bits per heavy atom. The van der Waals surface area contributed by atoms with Gasteiger partial charge in [-0.15, -0.1) is 0 Å². The number of nitro groups is 1. The topological polar surface area (TPSA) is 84.7 Å². The van der Waals surface area contributed by atoms with Crippen LogP contribution in [0.3, 0.4) is 0 Å². The molecule has 1 aliphatic rings. The number of nitro benzene ring substituents is 1. The zero-order chi connectivity index (χ0) is 18.1. The molecule has 0 bridgehead atoms. The largest absolute Gasteiger partial charge is 0.471 e. The molecule has 0 radical (unpaired) electrons.